The van der Waals surface area contributed by atoms with E-state index in [4.69, 9.17) is 11.0 Å². The molecule has 1 atom stereocenters. The molecular formula is C11H20N4. The molecule has 0 aromatic carbocycles. The van der Waals surface area contributed by atoms with Crippen molar-refractivity contribution in [2.75, 3.05) is 7.05 Å². The van der Waals surface area contributed by atoms with Gasteiger partial charge >= 0.3 is 0 Å². The standard InChI is InChI=1S/C11H20N4/c1-9(7-8-12)15(2)11(13)14-10-5-3-4-6-10/h9-10H,3-7H2,1-2H3,(H2,13,14). The van der Waals surface area contributed by atoms with Crippen LogP contribution in [0, 0.1) is 11.3 Å². The van der Waals surface area contributed by atoms with E-state index in [-0.39, 0.29) is 6.04 Å². The van der Waals surface area contributed by atoms with Gasteiger partial charge in [0.25, 0.3) is 0 Å². The molecule has 0 spiro atoms. The Morgan fingerprint density at radius 3 is 2.73 bits per heavy atom. The Morgan fingerprint density at radius 1 is 1.60 bits per heavy atom. The number of aliphatic imine (C=N–C) groups is 1. The lowest BCUT2D eigenvalue weighted by Crippen LogP contribution is -2.40. The monoisotopic (exact) mass is 208 g/mol. The number of nitrogens with two attached hydrogens (primary N) is 1. The Kier molecular flexibility index (Phi) is 4.41. The molecule has 4 nitrogen and oxygen atoms in total. The molecule has 1 rings (SSSR count). The number of guanidine groups is 1. The molecular weight excluding hydrogens is 188 g/mol. The molecule has 0 aromatic heterocycles. The first-order chi connectivity index (χ1) is 7.15. The SMILES string of the molecule is CC(CC#N)N(C)C(N)=NC1CCCC1. The van der Waals surface area contributed by atoms with Gasteiger partial charge in [-0.1, -0.05) is 12.8 Å². The molecule has 1 aliphatic rings. The third-order valence-corrected chi connectivity index (χ3v) is 3.05. The van der Waals surface area contributed by atoms with Crippen LogP contribution in [0.15, 0.2) is 4.99 Å². The zero-order chi connectivity index (χ0) is 11.3. The molecule has 1 fully saturated rings. The molecule has 1 saturated carbocycles. The van der Waals surface area contributed by atoms with Crippen LogP contribution in [0.25, 0.3) is 0 Å². The quantitative estimate of drug-likeness (QED) is 0.564. The molecule has 0 heterocycles. The Hall–Kier alpha value is -1.24. The van der Waals surface area contributed by atoms with Gasteiger partial charge in [-0.2, -0.15) is 5.26 Å². The van der Waals surface area contributed by atoms with Gasteiger partial charge in [-0.15, -0.1) is 0 Å². The van der Waals surface area contributed by atoms with Gasteiger partial charge in [0.2, 0.25) is 0 Å². The number of hydrogen-bond donors (Lipinski definition) is 1. The van der Waals surface area contributed by atoms with Gasteiger partial charge < -0.3 is 10.6 Å². The van der Waals surface area contributed by atoms with Crippen LogP contribution in [0.1, 0.15) is 39.0 Å². The predicted molar refractivity (Wildman–Crippen MR) is 61.3 cm³/mol. The Bertz CT molecular complexity index is 260. The summed E-state index contributed by atoms with van der Waals surface area (Å²) in [5, 5.41) is 8.59. The van der Waals surface area contributed by atoms with E-state index < -0.39 is 0 Å². The van der Waals surface area contributed by atoms with Crippen molar-refractivity contribution in [2.45, 2.75) is 51.1 Å². The summed E-state index contributed by atoms with van der Waals surface area (Å²) in [6.45, 7) is 1.99. The minimum Gasteiger partial charge on any atom is -0.370 e. The van der Waals surface area contributed by atoms with Gasteiger partial charge in [0, 0.05) is 13.1 Å². The molecule has 1 unspecified atom stereocenters. The smallest absolute Gasteiger partial charge is 0.191 e. The van der Waals surface area contributed by atoms with E-state index in [1.807, 2.05) is 18.9 Å². The van der Waals surface area contributed by atoms with E-state index >= 15 is 0 Å². The van der Waals surface area contributed by atoms with Crippen molar-refractivity contribution in [3.05, 3.63) is 0 Å². The highest BCUT2D eigenvalue weighted by Crippen LogP contribution is 2.21. The van der Waals surface area contributed by atoms with Gasteiger partial charge in [0.05, 0.1) is 18.5 Å². The summed E-state index contributed by atoms with van der Waals surface area (Å²) in [6.07, 6.45) is 5.32. The van der Waals surface area contributed by atoms with Gasteiger partial charge in [0.1, 0.15) is 0 Å². The number of hydrogen-bond acceptors (Lipinski definition) is 2. The van der Waals surface area contributed by atoms with Crippen molar-refractivity contribution < 1.29 is 0 Å². The lowest BCUT2D eigenvalue weighted by atomic mass is 10.2. The maximum absolute atomic E-state index is 8.59. The molecule has 4 heteroatoms. The van der Waals surface area contributed by atoms with Gasteiger partial charge in [-0.05, 0) is 19.8 Å². The average Bonchev–Trinajstić information content (AvgIpc) is 2.69. The van der Waals surface area contributed by atoms with Gasteiger partial charge in [0.15, 0.2) is 5.96 Å². The Morgan fingerprint density at radius 2 is 2.20 bits per heavy atom. The number of nitrogens with zero attached hydrogens (tertiary/aromatic N) is 3. The molecule has 1 aliphatic carbocycles. The van der Waals surface area contributed by atoms with Crippen LogP contribution < -0.4 is 5.73 Å². The second-order valence-corrected chi connectivity index (χ2v) is 4.25. The summed E-state index contributed by atoms with van der Waals surface area (Å²) in [7, 11) is 1.90. The highest BCUT2D eigenvalue weighted by Gasteiger charge is 2.16. The van der Waals surface area contributed by atoms with Crippen molar-refractivity contribution in [1.29, 1.82) is 5.26 Å². The molecule has 0 saturated heterocycles. The molecule has 15 heavy (non-hydrogen) atoms. The maximum atomic E-state index is 8.59. The van der Waals surface area contributed by atoms with E-state index in [0.717, 1.165) is 12.8 Å². The molecule has 0 bridgehead atoms. The molecule has 2 N–H and O–H groups in total. The topological polar surface area (TPSA) is 65.4 Å². The first-order valence-electron chi connectivity index (χ1n) is 5.58. The summed E-state index contributed by atoms with van der Waals surface area (Å²) in [5.41, 5.74) is 5.89. The zero-order valence-electron chi connectivity index (χ0n) is 9.61. The van der Waals surface area contributed by atoms with E-state index in [1.54, 1.807) is 0 Å². The fourth-order valence-corrected chi connectivity index (χ4v) is 1.81. The maximum Gasteiger partial charge on any atom is 0.191 e. The first-order valence-corrected chi connectivity index (χ1v) is 5.58. The van der Waals surface area contributed by atoms with E-state index in [9.17, 15) is 0 Å². The van der Waals surface area contributed by atoms with Crippen molar-refractivity contribution in [2.24, 2.45) is 10.7 Å². The number of rotatable bonds is 3. The fraction of sp³-hybridized carbons (Fsp3) is 0.818. The van der Waals surface area contributed by atoms with Crippen LogP contribution in [-0.2, 0) is 0 Å². The van der Waals surface area contributed by atoms with Crippen LogP contribution in [0.3, 0.4) is 0 Å². The molecule has 0 amide bonds. The minimum atomic E-state index is 0.139. The molecule has 0 aliphatic heterocycles. The molecule has 0 radical (unpaired) electrons. The first kappa shape index (κ1) is 11.8. The van der Waals surface area contributed by atoms with Crippen molar-refractivity contribution in [1.82, 2.24) is 4.90 Å². The number of nitriles is 1. The van der Waals surface area contributed by atoms with Gasteiger partial charge in [-0.25, -0.2) is 4.99 Å². The van der Waals surface area contributed by atoms with Crippen molar-refractivity contribution in [3.8, 4) is 6.07 Å². The third-order valence-electron chi connectivity index (χ3n) is 3.05. The summed E-state index contributed by atoms with van der Waals surface area (Å²) in [6, 6.07) is 2.69. The van der Waals surface area contributed by atoms with Crippen LogP contribution in [0.5, 0.6) is 0 Å². The lowest BCUT2D eigenvalue weighted by molar-refractivity contribution is 0.388. The molecule has 0 aromatic rings. The van der Waals surface area contributed by atoms with E-state index in [1.165, 1.54) is 12.8 Å². The average molecular weight is 208 g/mol. The van der Waals surface area contributed by atoms with Crippen molar-refractivity contribution in [3.63, 3.8) is 0 Å². The van der Waals surface area contributed by atoms with Crippen LogP contribution >= 0.6 is 0 Å². The minimum absolute atomic E-state index is 0.139. The normalized spacial score (nSPS) is 19.9. The van der Waals surface area contributed by atoms with Gasteiger partial charge in [-0.3, -0.25) is 0 Å². The van der Waals surface area contributed by atoms with E-state index in [0.29, 0.717) is 18.4 Å². The summed E-state index contributed by atoms with van der Waals surface area (Å²) >= 11 is 0. The molecule has 84 valence electrons. The Balaban J connectivity index is 2.50. The summed E-state index contributed by atoms with van der Waals surface area (Å²) in [5.74, 6) is 0.574. The van der Waals surface area contributed by atoms with Crippen molar-refractivity contribution >= 4 is 5.96 Å². The highest BCUT2D eigenvalue weighted by atomic mass is 15.3. The highest BCUT2D eigenvalue weighted by molar-refractivity contribution is 5.78. The summed E-state index contributed by atoms with van der Waals surface area (Å²) in [4.78, 5) is 6.38. The zero-order valence-corrected chi connectivity index (χ0v) is 9.61. The predicted octanol–water partition coefficient (Wildman–Crippen LogP) is 1.48. The fourth-order valence-electron chi connectivity index (χ4n) is 1.81. The largest absolute Gasteiger partial charge is 0.370 e. The summed E-state index contributed by atoms with van der Waals surface area (Å²) < 4.78 is 0. The second-order valence-electron chi connectivity index (χ2n) is 4.25. The van der Waals surface area contributed by atoms with Crippen LogP contribution in [0.4, 0.5) is 0 Å². The Labute approximate surface area is 91.8 Å². The lowest BCUT2D eigenvalue weighted by Gasteiger charge is -2.24. The van der Waals surface area contributed by atoms with E-state index in [2.05, 4.69) is 11.1 Å². The third kappa shape index (κ3) is 3.43. The second kappa shape index (κ2) is 5.59. The van der Waals surface area contributed by atoms with Crippen LogP contribution in [0.2, 0.25) is 0 Å². The van der Waals surface area contributed by atoms with Crippen LogP contribution in [-0.4, -0.2) is 30.0 Å².